The van der Waals surface area contributed by atoms with E-state index in [0.717, 1.165) is 12.8 Å². The van der Waals surface area contributed by atoms with Crippen LogP contribution in [0, 0.1) is 0 Å². The molecule has 0 amide bonds. The van der Waals surface area contributed by atoms with Gasteiger partial charge in [-0.1, -0.05) is 133 Å². The molecule has 0 bridgehead atoms. The van der Waals surface area contributed by atoms with Crippen molar-refractivity contribution >= 4 is 54.2 Å². The number of rotatable bonds is 4. The van der Waals surface area contributed by atoms with Crippen LogP contribution < -0.4 is 0 Å². The largest absolute Gasteiger partial charge is 0.265 e. The summed E-state index contributed by atoms with van der Waals surface area (Å²) in [5.41, 5.74) is 11.8. The van der Waals surface area contributed by atoms with Crippen molar-refractivity contribution in [1.29, 1.82) is 0 Å². The lowest BCUT2D eigenvalue weighted by molar-refractivity contribution is 0.842. The second kappa shape index (κ2) is 11.8. The number of pyridine rings is 1. The lowest BCUT2D eigenvalue weighted by atomic mass is 9.83. The van der Waals surface area contributed by atoms with Gasteiger partial charge in [-0.2, -0.15) is 0 Å². The van der Waals surface area contributed by atoms with Gasteiger partial charge in [0.1, 0.15) is 0 Å². The summed E-state index contributed by atoms with van der Waals surface area (Å²) in [5.74, 6) is 0. The van der Waals surface area contributed by atoms with Crippen molar-refractivity contribution in [2.45, 2.75) is 26.2 Å². The van der Waals surface area contributed by atoms with Gasteiger partial charge in [-0.3, -0.25) is 4.98 Å². The molecule has 0 atom stereocenters. The summed E-state index contributed by atoms with van der Waals surface area (Å²) >= 11 is 0. The fraction of sp³-hybridized carbons (Fsp3) is 0.0851. The zero-order valence-electron chi connectivity index (χ0n) is 27.1. The minimum absolute atomic E-state index is 1.07. The monoisotopic (exact) mass is 613 g/mol. The van der Waals surface area contributed by atoms with Crippen LogP contribution in [0.3, 0.4) is 0 Å². The summed E-state index contributed by atoms with van der Waals surface area (Å²) in [5, 5.41) is 10.2. The number of allylic oxidation sites excluding steroid dienone is 4. The SMILES string of the molecule is CC1=C(c2ccncc2)C(c2cccc3c(-c4c5ccccc5c(-c5ccc6ccccc6c5)c5ccccc45)cccc23)=CCCC1. The van der Waals surface area contributed by atoms with Crippen LogP contribution in [0.4, 0.5) is 0 Å². The predicted octanol–water partition coefficient (Wildman–Crippen LogP) is 13.1. The van der Waals surface area contributed by atoms with Gasteiger partial charge in [0.05, 0.1) is 0 Å². The van der Waals surface area contributed by atoms with Gasteiger partial charge in [0.15, 0.2) is 0 Å². The number of hydrogen-bond donors (Lipinski definition) is 0. The molecule has 1 heteroatoms. The van der Waals surface area contributed by atoms with Crippen LogP contribution in [0.1, 0.15) is 37.3 Å². The molecule has 228 valence electrons. The third-order valence-electron chi connectivity index (χ3n) is 10.2. The Bertz CT molecular complexity index is 2530. The van der Waals surface area contributed by atoms with E-state index in [1.165, 1.54) is 99.6 Å². The van der Waals surface area contributed by atoms with Gasteiger partial charge in [-0.25, -0.2) is 0 Å². The summed E-state index contributed by atoms with van der Waals surface area (Å²) in [7, 11) is 0. The average Bonchev–Trinajstić information content (AvgIpc) is 3.34. The minimum Gasteiger partial charge on any atom is -0.265 e. The summed E-state index contributed by atoms with van der Waals surface area (Å²) in [4.78, 5) is 4.33. The molecule has 8 aromatic rings. The van der Waals surface area contributed by atoms with Gasteiger partial charge in [0, 0.05) is 12.4 Å². The number of hydrogen-bond acceptors (Lipinski definition) is 1. The minimum atomic E-state index is 1.07. The highest BCUT2D eigenvalue weighted by Crippen LogP contribution is 2.47. The molecule has 1 aliphatic rings. The van der Waals surface area contributed by atoms with Crippen molar-refractivity contribution in [3.63, 3.8) is 0 Å². The van der Waals surface area contributed by atoms with E-state index in [0.29, 0.717) is 0 Å². The first-order valence-corrected chi connectivity index (χ1v) is 17.0. The van der Waals surface area contributed by atoms with Crippen LogP contribution >= 0.6 is 0 Å². The molecule has 0 fully saturated rings. The van der Waals surface area contributed by atoms with Gasteiger partial charge in [0.2, 0.25) is 0 Å². The van der Waals surface area contributed by atoms with Gasteiger partial charge in [0.25, 0.3) is 0 Å². The van der Waals surface area contributed by atoms with Crippen LogP contribution in [-0.2, 0) is 0 Å². The van der Waals surface area contributed by atoms with Crippen molar-refractivity contribution in [1.82, 2.24) is 4.98 Å². The molecule has 1 nitrogen and oxygen atoms in total. The molecule has 1 aliphatic carbocycles. The number of fused-ring (bicyclic) bond motifs is 4. The van der Waals surface area contributed by atoms with E-state index < -0.39 is 0 Å². The lowest BCUT2D eigenvalue weighted by Gasteiger charge is -2.21. The molecule has 0 spiro atoms. The first kappa shape index (κ1) is 28.4. The number of benzene rings is 7. The zero-order chi connectivity index (χ0) is 32.0. The molecular formula is C47H35N. The molecule has 0 aliphatic heterocycles. The maximum Gasteiger partial charge on any atom is 0.0273 e. The average molecular weight is 614 g/mol. The normalized spacial score (nSPS) is 13.7. The molecule has 9 rings (SSSR count). The Labute approximate surface area is 281 Å². The van der Waals surface area contributed by atoms with Crippen molar-refractivity contribution in [3.05, 3.63) is 175 Å². The summed E-state index contributed by atoms with van der Waals surface area (Å²) < 4.78 is 0. The Morgan fingerprint density at radius 2 is 1.06 bits per heavy atom. The Kier molecular flexibility index (Phi) is 6.98. The molecule has 0 radical (unpaired) electrons. The summed E-state index contributed by atoms with van der Waals surface area (Å²) in [6.07, 6.45) is 9.64. The second-order valence-corrected chi connectivity index (χ2v) is 13.0. The molecule has 0 saturated heterocycles. The molecular weight excluding hydrogens is 579 g/mol. The highest BCUT2D eigenvalue weighted by molar-refractivity contribution is 6.24. The van der Waals surface area contributed by atoms with Crippen molar-refractivity contribution in [2.75, 3.05) is 0 Å². The third-order valence-corrected chi connectivity index (χ3v) is 10.2. The molecule has 0 saturated carbocycles. The topological polar surface area (TPSA) is 12.9 Å². The predicted molar refractivity (Wildman–Crippen MR) is 206 cm³/mol. The van der Waals surface area contributed by atoms with E-state index in [-0.39, 0.29) is 0 Å². The third kappa shape index (κ3) is 4.66. The van der Waals surface area contributed by atoms with Crippen molar-refractivity contribution < 1.29 is 0 Å². The first-order valence-electron chi connectivity index (χ1n) is 17.0. The molecule has 1 heterocycles. The van der Waals surface area contributed by atoms with Crippen molar-refractivity contribution in [3.8, 4) is 22.3 Å². The maximum absolute atomic E-state index is 4.33. The Hall–Kier alpha value is -5.79. The van der Waals surface area contributed by atoms with E-state index in [1.807, 2.05) is 12.4 Å². The van der Waals surface area contributed by atoms with Gasteiger partial charge < -0.3 is 0 Å². The van der Waals surface area contributed by atoms with Gasteiger partial charge in [-0.15, -0.1) is 0 Å². The Morgan fingerprint density at radius 1 is 0.479 bits per heavy atom. The molecule has 1 aromatic heterocycles. The van der Waals surface area contributed by atoms with Gasteiger partial charge in [-0.05, 0) is 132 Å². The fourth-order valence-corrected chi connectivity index (χ4v) is 8.07. The van der Waals surface area contributed by atoms with Crippen LogP contribution in [0.2, 0.25) is 0 Å². The molecule has 0 N–H and O–H groups in total. The molecule has 48 heavy (non-hydrogen) atoms. The van der Waals surface area contributed by atoms with Crippen LogP contribution in [0.15, 0.2) is 164 Å². The Morgan fingerprint density at radius 3 is 1.77 bits per heavy atom. The quantitative estimate of drug-likeness (QED) is 0.180. The van der Waals surface area contributed by atoms with E-state index in [4.69, 9.17) is 0 Å². The fourth-order valence-electron chi connectivity index (χ4n) is 8.07. The maximum atomic E-state index is 4.33. The van der Waals surface area contributed by atoms with Crippen molar-refractivity contribution in [2.24, 2.45) is 0 Å². The summed E-state index contributed by atoms with van der Waals surface area (Å²) in [6.45, 7) is 2.31. The van der Waals surface area contributed by atoms with E-state index in [9.17, 15) is 0 Å². The van der Waals surface area contributed by atoms with Crippen LogP contribution in [0.5, 0.6) is 0 Å². The Balaban J connectivity index is 1.32. The smallest absolute Gasteiger partial charge is 0.0273 e. The van der Waals surface area contributed by atoms with E-state index in [2.05, 4.69) is 158 Å². The lowest BCUT2D eigenvalue weighted by Crippen LogP contribution is -1.96. The van der Waals surface area contributed by atoms with E-state index in [1.54, 1.807) is 0 Å². The number of nitrogens with zero attached hydrogens (tertiary/aromatic N) is 1. The summed E-state index contributed by atoms with van der Waals surface area (Å²) in [6, 6.07) is 51.6. The van der Waals surface area contributed by atoms with E-state index >= 15 is 0 Å². The van der Waals surface area contributed by atoms with Crippen LogP contribution in [-0.4, -0.2) is 4.98 Å². The highest BCUT2D eigenvalue weighted by atomic mass is 14.6. The standard InChI is InChI=1S/C47H35N/c1-31-12-2-5-15-39(45(31)33-26-28-48-29-27-33)37-21-10-22-38-36(37)20-11-23-40(38)47-43-18-8-6-16-41(43)46(42-17-7-9-19-44(42)47)35-25-24-32-13-3-4-14-34(32)30-35/h3-4,6-11,13-30H,2,5,12H2,1H3. The van der Waals surface area contributed by atoms with Gasteiger partial charge >= 0.3 is 0 Å². The molecule has 7 aromatic carbocycles. The second-order valence-electron chi connectivity index (χ2n) is 13.0. The molecule has 0 unspecified atom stereocenters. The van der Waals surface area contributed by atoms with Crippen LogP contribution in [0.25, 0.3) is 76.5 Å². The highest BCUT2D eigenvalue weighted by Gasteiger charge is 2.21. The number of aromatic nitrogens is 1. The zero-order valence-corrected chi connectivity index (χ0v) is 27.1. The first-order chi connectivity index (χ1) is 23.8.